The standard InChI is InChI=1S/C24H47ClO2/c1-3-5-7-18-22-26-24(27-23-19-8-6-4-2)20-16-14-12-10-9-11-13-15-17-21-25/h13,15,24H,3-12,14,16-23H2,1-2H3/b15-13-. The van der Waals surface area contributed by atoms with Crippen molar-refractivity contribution in [3.05, 3.63) is 12.2 Å². The van der Waals surface area contributed by atoms with E-state index < -0.39 is 0 Å². The maximum atomic E-state index is 6.04. The van der Waals surface area contributed by atoms with Crippen molar-refractivity contribution in [2.75, 3.05) is 19.1 Å². The third kappa shape index (κ3) is 22.1. The Morgan fingerprint density at radius 3 is 1.74 bits per heavy atom. The van der Waals surface area contributed by atoms with Gasteiger partial charge in [-0.25, -0.2) is 0 Å². The van der Waals surface area contributed by atoms with Crippen molar-refractivity contribution in [1.29, 1.82) is 0 Å². The van der Waals surface area contributed by atoms with Gasteiger partial charge in [0.1, 0.15) is 0 Å². The fourth-order valence-corrected chi connectivity index (χ4v) is 3.23. The van der Waals surface area contributed by atoms with E-state index in [4.69, 9.17) is 21.1 Å². The number of ether oxygens (including phenoxy) is 2. The summed E-state index contributed by atoms with van der Waals surface area (Å²) in [6.45, 7) is 6.21. The Labute approximate surface area is 175 Å². The fraction of sp³-hybridized carbons (Fsp3) is 0.917. The summed E-state index contributed by atoms with van der Waals surface area (Å²) in [5.74, 6) is 0.735. The molecular formula is C24H47ClO2. The highest BCUT2D eigenvalue weighted by atomic mass is 35.5. The number of hydrogen-bond donors (Lipinski definition) is 0. The Morgan fingerprint density at radius 2 is 1.15 bits per heavy atom. The molecule has 0 spiro atoms. The van der Waals surface area contributed by atoms with Gasteiger partial charge in [-0.1, -0.05) is 83.8 Å². The van der Waals surface area contributed by atoms with Gasteiger partial charge in [-0.05, 0) is 44.9 Å². The Hall–Kier alpha value is -0.0500. The van der Waals surface area contributed by atoms with Gasteiger partial charge < -0.3 is 9.47 Å². The van der Waals surface area contributed by atoms with E-state index in [9.17, 15) is 0 Å². The quantitative estimate of drug-likeness (QED) is 0.0782. The van der Waals surface area contributed by atoms with E-state index in [-0.39, 0.29) is 6.29 Å². The molecule has 0 unspecified atom stereocenters. The smallest absolute Gasteiger partial charge is 0.157 e. The normalized spacial score (nSPS) is 11.9. The Bertz CT molecular complexity index is 280. The highest BCUT2D eigenvalue weighted by Gasteiger charge is 2.09. The van der Waals surface area contributed by atoms with E-state index in [0.717, 1.165) is 31.9 Å². The zero-order chi connectivity index (χ0) is 19.8. The van der Waals surface area contributed by atoms with E-state index in [0.29, 0.717) is 0 Å². The van der Waals surface area contributed by atoms with Crippen molar-refractivity contribution in [3.8, 4) is 0 Å². The van der Waals surface area contributed by atoms with Crippen molar-refractivity contribution in [3.63, 3.8) is 0 Å². The minimum Gasteiger partial charge on any atom is -0.353 e. The van der Waals surface area contributed by atoms with E-state index in [1.54, 1.807) is 0 Å². The van der Waals surface area contributed by atoms with E-state index in [1.807, 2.05) is 0 Å². The molecule has 27 heavy (non-hydrogen) atoms. The second-order valence-electron chi connectivity index (χ2n) is 7.59. The number of alkyl halides is 1. The first-order chi connectivity index (χ1) is 13.3. The molecule has 0 aliphatic rings. The first-order valence-electron chi connectivity index (χ1n) is 11.8. The minimum absolute atomic E-state index is 0.0201. The third-order valence-corrected chi connectivity index (χ3v) is 5.07. The lowest BCUT2D eigenvalue weighted by atomic mass is 10.1. The van der Waals surface area contributed by atoms with Crippen LogP contribution in [-0.2, 0) is 9.47 Å². The van der Waals surface area contributed by atoms with Crippen molar-refractivity contribution in [2.24, 2.45) is 0 Å². The zero-order valence-electron chi connectivity index (χ0n) is 18.4. The first kappa shape index (κ1) is 27.0. The third-order valence-electron chi connectivity index (χ3n) is 4.86. The molecule has 0 saturated carbocycles. The van der Waals surface area contributed by atoms with Crippen LogP contribution >= 0.6 is 11.6 Å². The molecule has 3 heteroatoms. The molecule has 0 heterocycles. The van der Waals surface area contributed by atoms with Gasteiger partial charge in [0.05, 0.1) is 0 Å². The van der Waals surface area contributed by atoms with Crippen LogP contribution in [0.2, 0.25) is 0 Å². The molecule has 0 aliphatic heterocycles. The molecule has 0 aromatic carbocycles. The van der Waals surface area contributed by atoms with Gasteiger partial charge in [0.25, 0.3) is 0 Å². The van der Waals surface area contributed by atoms with Gasteiger partial charge in [0.2, 0.25) is 0 Å². The van der Waals surface area contributed by atoms with E-state index in [2.05, 4.69) is 26.0 Å². The fourth-order valence-electron chi connectivity index (χ4n) is 3.10. The molecule has 0 atom stereocenters. The van der Waals surface area contributed by atoms with Crippen LogP contribution in [0.3, 0.4) is 0 Å². The summed E-state index contributed by atoms with van der Waals surface area (Å²) in [4.78, 5) is 0. The van der Waals surface area contributed by atoms with Crippen LogP contribution < -0.4 is 0 Å². The number of allylic oxidation sites excluding steroid dienone is 2. The van der Waals surface area contributed by atoms with Gasteiger partial charge in [-0.2, -0.15) is 0 Å². The van der Waals surface area contributed by atoms with Crippen LogP contribution in [0.25, 0.3) is 0 Å². The molecule has 0 aliphatic carbocycles. The molecule has 0 aromatic rings. The molecule has 0 saturated heterocycles. The lowest BCUT2D eigenvalue weighted by Gasteiger charge is -2.19. The number of halogens is 1. The maximum Gasteiger partial charge on any atom is 0.157 e. The Balaban J connectivity index is 3.73. The topological polar surface area (TPSA) is 18.5 Å². The molecule has 0 fully saturated rings. The predicted octanol–water partition coefficient (Wildman–Crippen LogP) is 8.42. The summed E-state index contributed by atoms with van der Waals surface area (Å²) in [7, 11) is 0. The van der Waals surface area contributed by atoms with Crippen molar-refractivity contribution < 1.29 is 9.47 Å². The highest BCUT2D eigenvalue weighted by molar-refractivity contribution is 6.17. The van der Waals surface area contributed by atoms with Crippen LogP contribution in [0.1, 0.15) is 117 Å². The van der Waals surface area contributed by atoms with E-state index in [1.165, 1.54) is 89.9 Å². The number of rotatable bonds is 22. The van der Waals surface area contributed by atoms with Crippen molar-refractivity contribution >= 4 is 11.6 Å². The summed E-state index contributed by atoms with van der Waals surface area (Å²) in [5, 5.41) is 0. The van der Waals surface area contributed by atoms with E-state index >= 15 is 0 Å². The molecule has 0 aromatic heterocycles. The monoisotopic (exact) mass is 402 g/mol. The first-order valence-corrected chi connectivity index (χ1v) is 12.3. The van der Waals surface area contributed by atoms with Crippen LogP contribution in [0.4, 0.5) is 0 Å². The molecule has 2 nitrogen and oxygen atoms in total. The summed E-state index contributed by atoms with van der Waals surface area (Å²) >= 11 is 5.66. The van der Waals surface area contributed by atoms with Crippen LogP contribution in [0.5, 0.6) is 0 Å². The van der Waals surface area contributed by atoms with Gasteiger partial charge >= 0.3 is 0 Å². The average Bonchev–Trinajstić information content (AvgIpc) is 2.68. The van der Waals surface area contributed by atoms with Crippen LogP contribution in [-0.4, -0.2) is 25.4 Å². The molecule has 0 radical (unpaired) electrons. The van der Waals surface area contributed by atoms with Crippen molar-refractivity contribution in [2.45, 2.75) is 123 Å². The number of unbranched alkanes of at least 4 members (excludes halogenated alkanes) is 11. The van der Waals surface area contributed by atoms with Crippen LogP contribution in [0, 0.1) is 0 Å². The summed E-state index contributed by atoms with van der Waals surface area (Å²) in [6.07, 6.45) is 24.3. The SMILES string of the molecule is CCCCCCOC(CCCCCCC/C=C\CCCl)OCCCCCC. The Kier molecular flexibility index (Phi) is 23.9. The molecule has 162 valence electrons. The van der Waals surface area contributed by atoms with Crippen LogP contribution in [0.15, 0.2) is 12.2 Å². The molecule has 0 bridgehead atoms. The lowest BCUT2D eigenvalue weighted by molar-refractivity contribution is -0.148. The molecule has 0 rings (SSSR count). The van der Waals surface area contributed by atoms with Gasteiger partial charge in [0.15, 0.2) is 6.29 Å². The zero-order valence-corrected chi connectivity index (χ0v) is 19.1. The van der Waals surface area contributed by atoms with Gasteiger partial charge in [-0.15, -0.1) is 11.6 Å². The summed E-state index contributed by atoms with van der Waals surface area (Å²) in [5.41, 5.74) is 0. The second kappa shape index (κ2) is 24.0. The largest absolute Gasteiger partial charge is 0.353 e. The molecular weight excluding hydrogens is 356 g/mol. The Morgan fingerprint density at radius 1 is 0.630 bits per heavy atom. The second-order valence-corrected chi connectivity index (χ2v) is 7.96. The lowest BCUT2D eigenvalue weighted by Crippen LogP contribution is -2.19. The minimum atomic E-state index is 0.0201. The predicted molar refractivity (Wildman–Crippen MR) is 121 cm³/mol. The summed E-state index contributed by atoms with van der Waals surface area (Å²) < 4.78 is 12.1. The molecule has 0 N–H and O–H groups in total. The van der Waals surface area contributed by atoms with Crippen molar-refractivity contribution in [1.82, 2.24) is 0 Å². The summed E-state index contributed by atoms with van der Waals surface area (Å²) in [6, 6.07) is 0. The van der Waals surface area contributed by atoms with Gasteiger partial charge in [0, 0.05) is 19.1 Å². The highest BCUT2D eigenvalue weighted by Crippen LogP contribution is 2.13. The maximum absolute atomic E-state index is 6.04. The van der Waals surface area contributed by atoms with Gasteiger partial charge in [-0.3, -0.25) is 0 Å². The molecule has 0 amide bonds. The number of hydrogen-bond acceptors (Lipinski definition) is 2. The average molecular weight is 403 g/mol.